The van der Waals surface area contributed by atoms with Gasteiger partial charge in [-0.1, -0.05) is 6.42 Å². The van der Waals surface area contributed by atoms with E-state index in [9.17, 15) is 14.4 Å². The van der Waals surface area contributed by atoms with Crippen LogP contribution in [0.25, 0.3) is 0 Å². The quantitative estimate of drug-likeness (QED) is 0.805. The molecule has 2 bridgehead atoms. The first kappa shape index (κ1) is 15.8. The number of carbonyl (C=O) groups is 2. The van der Waals surface area contributed by atoms with Crippen molar-refractivity contribution in [3.05, 3.63) is 34.2 Å². The third-order valence-electron chi connectivity index (χ3n) is 5.20. The molecule has 1 amide bonds. The zero-order chi connectivity index (χ0) is 16.4. The molecule has 0 aliphatic heterocycles. The van der Waals surface area contributed by atoms with Crippen molar-refractivity contribution in [1.29, 1.82) is 0 Å². The second-order valence-corrected chi connectivity index (χ2v) is 6.68. The highest BCUT2D eigenvalue weighted by Crippen LogP contribution is 2.49. The molecule has 1 aromatic rings. The molecule has 1 aromatic heterocycles. The highest BCUT2D eigenvalue weighted by atomic mass is 16.5. The molecule has 2 fully saturated rings. The summed E-state index contributed by atoms with van der Waals surface area (Å²) in [5.74, 6) is 0.980. The first-order valence-electron chi connectivity index (χ1n) is 8.18. The Hall–Kier alpha value is -2.11. The van der Waals surface area contributed by atoms with Crippen molar-refractivity contribution < 1.29 is 14.3 Å². The number of pyridine rings is 1. The van der Waals surface area contributed by atoms with Crippen molar-refractivity contribution in [3.63, 3.8) is 0 Å². The minimum absolute atomic E-state index is 0.0941. The number of esters is 1. The Morgan fingerprint density at radius 2 is 2.22 bits per heavy atom. The van der Waals surface area contributed by atoms with Gasteiger partial charge in [-0.25, -0.2) is 4.79 Å². The van der Waals surface area contributed by atoms with Crippen LogP contribution < -0.4 is 10.9 Å². The van der Waals surface area contributed by atoms with E-state index in [1.54, 1.807) is 0 Å². The van der Waals surface area contributed by atoms with Gasteiger partial charge in [0.2, 0.25) is 0 Å². The summed E-state index contributed by atoms with van der Waals surface area (Å²) in [5.41, 5.74) is -0.616. The molecule has 0 radical (unpaired) electrons. The van der Waals surface area contributed by atoms with Crippen LogP contribution in [0.15, 0.2) is 23.1 Å². The van der Waals surface area contributed by atoms with Gasteiger partial charge >= 0.3 is 5.97 Å². The van der Waals surface area contributed by atoms with Crippen LogP contribution >= 0.6 is 0 Å². The molecule has 2 N–H and O–H groups in total. The van der Waals surface area contributed by atoms with E-state index >= 15 is 0 Å². The second kappa shape index (κ2) is 6.56. The van der Waals surface area contributed by atoms with Crippen LogP contribution in [0.2, 0.25) is 0 Å². The van der Waals surface area contributed by atoms with E-state index < -0.39 is 11.5 Å². The first-order chi connectivity index (χ1) is 11.0. The normalized spacial score (nSPS) is 26.7. The van der Waals surface area contributed by atoms with E-state index in [0.29, 0.717) is 5.92 Å². The first-order valence-corrected chi connectivity index (χ1v) is 8.18. The van der Waals surface area contributed by atoms with Crippen LogP contribution in [0.4, 0.5) is 0 Å². The highest BCUT2D eigenvalue weighted by molar-refractivity contribution is 5.90. The Kier molecular flexibility index (Phi) is 4.50. The van der Waals surface area contributed by atoms with Crippen molar-refractivity contribution in [3.8, 4) is 0 Å². The van der Waals surface area contributed by atoms with Crippen LogP contribution in [-0.2, 0) is 9.53 Å². The number of ether oxygens (including phenoxy) is 1. The number of H-pyrrole nitrogens is 1. The number of hydrogen-bond donors (Lipinski definition) is 2. The molecule has 0 aromatic carbocycles. The molecule has 0 spiro atoms. The molecule has 1 heterocycles. The molecule has 0 unspecified atom stereocenters. The van der Waals surface area contributed by atoms with Gasteiger partial charge in [0.1, 0.15) is 5.56 Å². The van der Waals surface area contributed by atoms with Gasteiger partial charge in [0, 0.05) is 12.2 Å². The lowest BCUT2D eigenvalue weighted by Crippen LogP contribution is -2.42. The van der Waals surface area contributed by atoms with Crippen LogP contribution in [0.3, 0.4) is 0 Å². The lowest BCUT2D eigenvalue weighted by atomic mass is 9.84. The predicted molar refractivity (Wildman–Crippen MR) is 83.9 cm³/mol. The molecule has 6 heteroatoms. The van der Waals surface area contributed by atoms with Crippen molar-refractivity contribution in [2.75, 3.05) is 6.61 Å². The fourth-order valence-corrected chi connectivity index (χ4v) is 4.10. The molecule has 2 aliphatic rings. The van der Waals surface area contributed by atoms with Crippen LogP contribution in [0.1, 0.15) is 43.0 Å². The maximum atomic E-state index is 12.0. The zero-order valence-corrected chi connectivity index (χ0v) is 13.2. The number of fused-ring (bicyclic) bond motifs is 2. The standard InChI is InChI=1S/C17H22N2O4/c1-10(14-8-11-4-5-12(14)7-11)19-15(20)9-23-17(22)13-3-2-6-18-16(13)21/h2-3,6,10-12,14H,4-5,7-9H2,1H3,(H,18,21)(H,19,20)/t10-,11+,12+,14+/m1/s1. The average molecular weight is 318 g/mol. The van der Waals surface area contributed by atoms with E-state index in [1.165, 1.54) is 44.0 Å². The van der Waals surface area contributed by atoms with Gasteiger partial charge in [-0.15, -0.1) is 0 Å². The fraction of sp³-hybridized carbons (Fsp3) is 0.588. The van der Waals surface area contributed by atoms with E-state index in [-0.39, 0.29) is 24.1 Å². The van der Waals surface area contributed by atoms with Gasteiger partial charge in [-0.2, -0.15) is 0 Å². The van der Waals surface area contributed by atoms with Gasteiger partial charge in [-0.3, -0.25) is 9.59 Å². The molecule has 4 atom stereocenters. The van der Waals surface area contributed by atoms with Crippen molar-refractivity contribution in [2.24, 2.45) is 17.8 Å². The van der Waals surface area contributed by atoms with Crippen molar-refractivity contribution in [2.45, 2.75) is 38.6 Å². The summed E-state index contributed by atoms with van der Waals surface area (Å²) >= 11 is 0. The summed E-state index contributed by atoms with van der Waals surface area (Å²) < 4.78 is 4.93. The van der Waals surface area contributed by atoms with Gasteiger partial charge in [0.25, 0.3) is 11.5 Å². The Morgan fingerprint density at radius 3 is 2.87 bits per heavy atom. The number of carbonyl (C=O) groups excluding carboxylic acids is 2. The van der Waals surface area contributed by atoms with Gasteiger partial charge in [-0.05, 0) is 56.1 Å². The van der Waals surface area contributed by atoms with E-state index in [0.717, 1.165) is 11.8 Å². The third kappa shape index (κ3) is 3.46. The summed E-state index contributed by atoms with van der Waals surface area (Å²) in [6.07, 6.45) is 6.50. The SMILES string of the molecule is C[C@@H](NC(=O)COC(=O)c1ccc[nH]c1=O)[C@@H]1C[C@H]2CC[C@H]1C2. The third-order valence-corrected chi connectivity index (χ3v) is 5.20. The molecular weight excluding hydrogens is 296 g/mol. The Balaban J connectivity index is 1.47. The lowest BCUT2D eigenvalue weighted by molar-refractivity contribution is -0.125. The highest BCUT2D eigenvalue weighted by Gasteiger charge is 2.42. The molecular formula is C17H22N2O4. The Morgan fingerprint density at radius 1 is 1.39 bits per heavy atom. The summed E-state index contributed by atoms with van der Waals surface area (Å²) in [4.78, 5) is 37.6. The fourth-order valence-electron chi connectivity index (χ4n) is 4.10. The lowest BCUT2D eigenvalue weighted by Gasteiger charge is -2.28. The number of amides is 1. The number of aromatic nitrogens is 1. The summed E-state index contributed by atoms with van der Waals surface area (Å²) in [6.45, 7) is 1.66. The minimum Gasteiger partial charge on any atom is -0.452 e. The molecule has 2 saturated carbocycles. The molecule has 23 heavy (non-hydrogen) atoms. The zero-order valence-electron chi connectivity index (χ0n) is 13.2. The summed E-state index contributed by atoms with van der Waals surface area (Å²) in [5, 5.41) is 2.93. The maximum Gasteiger partial charge on any atom is 0.344 e. The molecule has 6 nitrogen and oxygen atoms in total. The number of nitrogens with one attached hydrogen (secondary N) is 2. The van der Waals surface area contributed by atoms with E-state index in [2.05, 4.69) is 10.3 Å². The van der Waals surface area contributed by atoms with Crippen molar-refractivity contribution >= 4 is 11.9 Å². The Bertz CT molecular complexity index is 654. The smallest absolute Gasteiger partial charge is 0.344 e. The summed E-state index contributed by atoms with van der Waals surface area (Å²) in [7, 11) is 0. The topological polar surface area (TPSA) is 88.3 Å². The number of hydrogen-bond acceptors (Lipinski definition) is 4. The van der Waals surface area contributed by atoms with E-state index in [4.69, 9.17) is 4.74 Å². The largest absolute Gasteiger partial charge is 0.452 e. The van der Waals surface area contributed by atoms with Crippen LogP contribution in [0, 0.1) is 17.8 Å². The monoisotopic (exact) mass is 318 g/mol. The average Bonchev–Trinajstić information content (AvgIpc) is 3.16. The minimum atomic E-state index is -0.783. The Labute approximate surface area is 134 Å². The second-order valence-electron chi connectivity index (χ2n) is 6.68. The molecule has 2 aliphatic carbocycles. The van der Waals surface area contributed by atoms with Crippen LogP contribution in [-0.4, -0.2) is 29.5 Å². The maximum absolute atomic E-state index is 12.0. The van der Waals surface area contributed by atoms with Gasteiger partial charge in [0.05, 0.1) is 0 Å². The predicted octanol–water partition coefficient (Wildman–Crippen LogP) is 1.47. The van der Waals surface area contributed by atoms with Crippen LogP contribution in [0.5, 0.6) is 0 Å². The van der Waals surface area contributed by atoms with Gasteiger partial charge in [0.15, 0.2) is 6.61 Å². The molecule has 3 rings (SSSR count). The summed E-state index contributed by atoms with van der Waals surface area (Å²) in [6, 6.07) is 3.00. The van der Waals surface area contributed by atoms with Gasteiger partial charge < -0.3 is 15.0 Å². The number of rotatable bonds is 5. The van der Waals surface area contributed by atoms with Crippen molar-refractivity contribution in [1.82, 2.24) is 10.3 Å². The van der Waals surface area contributed by atoms with E-state index in [1.807, 2.05) is 6.92 Å². The molecule has 124 valence electrons. The molecule has 0 saturated heterocycles. The number of aromatic amines is 1.